The lowest BCUT2D eigenvalue weighted by atomic mass is 10.0. The molecule has 0 bridgehead atoms. The summed E-state index contributed by atoms with van der Waals surface area (Å²) in [5.41, 5.74) is 0. The number of allylic oxidation sites excluding steroid dienone is 4. The first-order chi connectivity index (χ1) is 25.3. The van der Waals surface area contributed by atoms with E-state index in [1.807, 2.05) is 0 Å². The van der Waals surface area contributed by atoms with Gasteiger partial charge in [0.05, 0.1) is 6.61 Å². The number of carbonyl (C=O) groups excluding carboxylic acids is 2. The zero-order valence-electron chi connectivity index (χ0n) is 33.7. The van der Waals surface area contributed by atoms with Gasteiger partial charge >= 0.3 is 19.8 Å². The second-order valence-electron chi connectivity index (χ2n) is 14.7. The van der Waals surface area contributed by atoms with E-state index in [1.165, 1.54) is 135 Å². The van der Waals surface area contributed by atoms with Crippen molar-refractivity contribution < 1.29 is 37.9 Å². The summed E-state index contributed by atoms with van der Waals surface area (Å²) in [6.07, 6.45) is 44.7. The zero-order chi connectivity index (χ0) is 38.2. The molecule has 9 heteroatoms. The molecule has 2 N–H and O–H groups in total. The maximum atomic E-state index is 12.4. The summed E-state index contributed by atoms with van der Waals surface area (Å²) in [7, 11) is -4.75. The Balaban J connectivity index is 3.85. The van der Waals surface area contributed by atoms with Crippen molar-refractivity contribution in [3.8, 4) is 0 Å². The predicted octanol–water partition coefficient (Wildman–Crippen LogP) is 13.2. The molecule has 0 amide bonds. The Morgan fingerprint density at radius 1 is 0.481 bits per heavy atom. The summed E-state index contributed by atoms with van der Waals surface area (Å²) < 4.78 is 26.4. The highest BCUT2D eigenvalue weighted by atomic mass is 31.2. The van der Waals surface area contributed by atoms with Gasteiger partial charge in [-0.15, -0.1) is 0 Å². The van der Waals surface area contributed by atoms with E-state index < -0.39 is 32.5 Å². The SMILES string of the molecule is CCCCCC/C=C/CCCCCCCC(=O)O[C@H](COC(=O)CCCCCCCCCCCCC/C=C/CCCCCCCC)COP(=O)(O)O. The van der Waals surface area contributed by atoms with Crippen LogP contribution >= 0.6 is 7.82 Å². The van der Waals surface area contributed by atoms with E-state index in [0.717, 1.165) is 51.4 Å². The molecule has 0 radical (unpaired) electrons. The molecule has 1 atom stereocenters. The molecule has 306 valence electrons. The second-order valence-corrected chi connectivity index (χ2v) is 15.9. The maximum absolute atomic E-state index is 12.4. The topological polar surface area (TPSA) is 119 Å². The molecule has 0 aromatic heterocycles. The van der Waals surface area contributed by atoms with Gasteiger partial charge in [-0.05, 0) is 64.2 Å². The molecule has 0 fully saturated rings. The predicted molar refractivity (Wildman–Crippen MR) is 216 cm³/mol. The number of esters is 2. The van der Waals surface area contributed by atoms with Crippen LogP contribution in [0.3, 0.4) is 0 Å². The third-order valence-electron chi connectivity index (χ3n) is 9.44. The molecular formula is C43H81O8P. The molecule has 52 heavy (non-hydrogen) atoms. The standard InChI is InChI=1S/C43H81O8P/c1-3-5-7-9-11-13-15-17-18-19-20-21-22-23-24-26-27-29-31-33-35-37-42(44)49-39-41(40-50-52(46,47)48)51-43(45)38-36-34-32-30-28-25-16-14-12-10-8-6-4-2/h14,16-18,41H,3-13,15,19-40H2,1-2H3,(H2,46,47,48)/b16-14+,18-17+/t41-/m1/s1. The summed E-state index contributed by atoms with van der Waals surface area (Å²) in [4.78, 5) is 42.8. The highest BCUT2D eigenvalue weighted by molar-refractivity contribution is 7.46. The first-order valence-electron chi connectivity index (χ1n) is 21.6. The molecular weight excluding hydrogens is 675 g/mol. The van der Waals surface area contributed by atoms with Crippen LogP contribution in [0.15, 0.2) is 24.3 Å². The Labute approximate surface area is 319 Å². The molecule has 0 unspecified atom stereocenters. The smallest absolute Gasteiger partial charge is 0.462 e. The summed E-state index contributed by atoms with van der Waals surface area (Å²) >= 11 is 0. The van der Waals surface area contributed by atoms with Gasteiger partial charge in [0, 0.05) is 12.8 Å². The Bertz CT molecular complexity index is 900. The van der Waals surface area contributed by atoms with Gasteiger partial charge in [-0.3, -0.25) is 14.1 Å². The molecule has 0 rings (SSSR count). The highest BCUT2D eigenvalue weighted by Crippen LogP contribution is 2.36. The van der Waals surface area contributed by atoms with Crippen LogP contribution in [-0.4, -0.2) is 41.0 Å². The Morgan fingerprint density at radius 3 is 1.19 bits per heavy atom. The zero-order valence-corrected chi connectivity index (χ0v) is 34.6. The minimum absolute atomic E-state index is 0.204. The van der Waals surface area contributed by atoms with E-state index in [0.29, 0.717) is 6.42 Å². The molecule has 8 nitrogen and oxygen atoms in total. The van der Waals surface area contributed by atoms with Crippen LogP contribution in [0, 0.1) is 0 Å². The molecule has 0 aromatic carbocycles. The van der Waals surface area contributed by atoms with Crippen LogP contribution in [-0.2, 0) is 28.2 Å². The van der Waals surface area contributed by atoms with Crippen molar-refractivity contribution in [3.05, 3.63) is 24.3 Å². The third-order valence-corrected chi connectivity index (χ3v) is 9.93. The van der Waals surface area contributed by atoms with Gasteiger partial charge in [0.25, 0.3) is 0 Å². The van der Waals surface area contributed by atoms with Crippen LogP contribution in [0.4, 0.5) is 0 Å². The highest BCUT2D eigenvalue weighted by Gasteiger charge is 2.22. The normalized spacial score (nSPS) is 12.6. The van der Waals surface area contributed by atoms with E-state index in [2.05, 4.69) is 42.7 Å². The van der Waals surface area contributed by atoms with Gasteiger partial charge in [0.15, 0.2) is 6.10 Å². The molecule has 0 saturated carbocycles. The Kier molecular flexibility index (Phi) is 38.1. The second kappa shape index (κ2) is 39.2. The van der Waals surface area contributed by atoms with Gasteiger partial charge in [-0.2, -0.15) is 0 Å². The summed E-state index contributed by atoms with van der Waals surface area (Å²) in [5, 5.41) is 0. The van der Waals surface area contributed by atoms with E-state index in [4.69, 9.17) is 19.3 Å². The average Bonchev–Trinajstić information content (AvgIpc) is 3.11. The molecule has 0 aliphatic heterocycles. The number of carbonyl (C=O) groups is 2. The number of phosphoric ester groups is 1. The largest absolute Gasteiger partial charge is 0.469 e. The molecule has 0 aliphatic carbocycles. The van der Waals surface area contributed by atoms with Crippen LogP contribution in [0.1, 0.15) is 219 Å². The number of hydrogen-bond acceptors (Lipinski definition) is 6. The van der Waals surface area contributed by atoms with Crippen molar-refractivity contribution in [1.82, 2.24) is 0 Å². The van der Waals surface area contributed by atoms with Gasteiger partial charge in [0.1, 0.15) is 6.61 Å². The van der Waals surface area contributed by atoms with Crippen LogP contribution in [0.25, 0.3) is 0 Å². The van der Waals surface area contributed by atoms with Crippen molar-refractivity contribution in [2.24, 2.45) is 0 Å². The minimum atomic E-state index is -4.75. The van der Waals surface area contributed by atoms with E-state index in [9.17, 15) is 14.2 Å². The van der Waals surface area contributed by atoms with E-state index >= 15 is 0 Å². The number of unbranched alkanes of at least 4 members (excludes halogenated alkanes) is 26. The van der Waals surface area contributed by atoms with Crippen LogP contribution < -0.4 is 0 Å². The molecule has 0 heterocycles. The number of phosphoric acid groups is 1. The lowest BCUT2D eigenvalue weighted by Gasteiger charge is -2.18. The fraction of sp³-hybridized carbons (Fsp3) is 0.860. The van der Waals surface area contributed by atoms with Gasteiger partial charge in [-0.25, -0.2) is 4.57 Å². The molecule has 0 aromatic rings. The summed E-state index contributed by atoms with van der Waals surface area (Å²) in [5.74, 6) is -0.889. The summed E-state index contributed by atoms with van der Waals surface area (Å²) in [6, 6.07) is 0. The van der Waals surface area contributed by atoms with Crippen molar-refractivity contribution in [1.29, 1.82) is 0 Å². The molecule has 0 saturated heterocycles. The molecule has 0 spiro atoms. The van der Waals surface area contributed by atoms with Gasteiger partial charge in [0.2, 0.25) is 0 Å². The van der Waals surface area contributed by atoms with Crippen molar-refractivity contribution in [2.45, 2.75) is 225 Å². The quantitative estimate of drug-likeness (QED) is 0.0274. The lowest BCUT2D eigenvalue weighted by Crippen LogP contribution is -2.29. The number of hydrogen-bond donors (Lipinski definition) is 2. The van der Waals surface area contributed by atoms with Crippen molar-refractivity contribution in [3.63, 3.8) is 0 Å². The lowest BCUT2D eigenvalue weighted by molar-refractivity contribution is -0.161. The van der Waals surface area contributed by atoms with E-state index in [1.54, 1.807) is 0 Å². The van der Waals surface area contributed by atoms with E-state index in [-0.39, 0.29) is 19.4 Å². The number of rotatable bonds is 40. The Morgan fingerprint density at radius 2 is 0.808 bits per heavy atom. The number of ether oxygens (including phenoxy) is 2. The third kappa shape index (κ3) is 41.3. The minimum Gasteiger partial charge on any atom is -0.462 e. The fourth-order valence-electron chi connectivity index (χ4n) is 6.19. The van der Waals surface area contributed by atoms with Crippen LogP contribution in [0.5, 0.6) is 0 Å². The average molecular weight is 757 g/mol. The van der Waals surface area contributed by atoms with Crippen molar-refractivity contribution in [2.75, 3.05) is 13.2 Å². The monoisotopic (exact) mass is 757 g/mol. The van der Waals surface area contributed by atoms with Crippen molar-refractivity contribution >= 4 is 19.8 Å². The molecule has 0 aliphatic rings. The van der Waals surface area contributed by atoms with Gasteiger partial charge in [-0.1, -0.05) is 167 Å². The van der Waals surface area contributed by atoms with Crippen LogP contribution in [0.2, 0.25) is 0 Å². The Hall–Kier alpha value is -1.47. The van der Waals surface area contributed by atoms with Gasteiger partial charge < -0.3 is 19.3 Å². The maximum Gasteiger partial charge on any atom is 0.469 e. The first kappa shape index (κ1) is 50.5. The fourth-order valence-corrected chi connectivity index (χ4v) is 6.55. The summed E-state index contributed by atoms with van der Waals surface area (Å²) in [6.45, 7) is 3.67. The first-order valence-corrected chi connectivity index (χ1v) is 23.2.